The van der Waals surface area contributed by atoms with Gasteiger partial charge in [-0.25, -0.2) is 14.2 Å². The second-order valence-electron chi connectivity index (χ2n) is 10.1. The summed E-state index contributed by atoms with van der Waals surface area (Å²) in [5.41, 5.74) is 3.95. The third kappa shape index (κ3) is 5.24. The van der Waals surface area contributed by atoms with E-state index in [1.54, 1.807) is 35.2 Å². The number of methoxy groups -OCH3 is 1. The van der Waals surface area contributed by atoms with Gasteiger partial charge in [-0.1, -0.05) is 12.1 Å². The van der Waals surface area contributed by atoms with Crippen LogP contribution in [0.2, 0.25) is 0 Å². The summed E-state index contributed by atoms with van der Waals surface area (Å²) < 4.78 is 32.7. The van der Waals surface area contributed by atoms with E-state index in [0.29, 0.717) is 54.4 Å². The topological polar surface area (TPSA) is 107 Å². The van der Waals surface area contributed by atoms with Crippen molar-refractivity contribution in [3.63, 3.8) is 0 Å². The molecule has 2 aliphatic heterocycles. The summed E-state index contributed by atoms with van der Waals surface area (Å²) in [7, 11) is 1.35. The van der Waals surface area contributed by atoms with Gasteiger partial charge in [0.05, 0.1) is 54.5 Å². The molecule has 1 fully saturated rings. The van der Waals surface area contributed by atoms with Gasteiger partial charge in [0, 0.05) is 24.3 Å². The van der Waals surface area contributed by atoms with Crippen molar-refractivity contribution in [2.45, 2.75) is 38.6 Å². The minimum absolute atomic E-state index is 0.0327. The third-order valence-corrected chi connectivity index (χ3v) is 7.59. The molecule has 1 atom stereocenters. The summed E-state index contributed by atoms with van der Waals surface area (Å²) in [5.74, 6) is 0.0717. The molecule has 0 aliphatic carbocycles. The zero-order valence-corrected chi connectivity index (χ0v) is 22.4. The van der Waals surface area contributed by atoms with E-state index < -0.39 is 11.8 Å². The number of hydrogen-bond acceptors (Lipinski definition) is 7. The van der Waals surface area contributed by atoms with Crippen LogP contribution < -0.4 is 4.74 Å². The van der Waals surface area contributed by atoms with Crippen molar-refractivity contribution in [3.8, 4) is 11.8 Å². The Balaban J connectivity index is 1.23. The molecule has 0 bridgehead atoms. The number of amides is 1. The molecule has 1 saturated heterocycles. The highest BCUT2D eigenvalue weighted by molar-refractivity contribution is 5.97. The first kappa shape index (κ1) is 26.5. The Bertz CT molecular complexity index is 1700. The first-order valence-electron chi connectivity index (χ1n) is 13.4. The van der Waals surface area contributed by atoms with Gasteiger partial charge in [-0.05, 0) is 60.9 Å². The van der Waals surface area contributed by atoms with Crippen molar-refractivity contribution >= 4 is 22.9 Å². The van der Waals surface area contributed by atoms with E-state index in [4.69, 9.17) is 24.5 Å². The average molecular weight is 555 g/mol. The fraction of sp³-hybridized carbons (Fsp3) is 0.290. The monoisotopic (exact) mass is 554 g/mol. The Kier molecular flexibility index (Phi) is 7.12. The largest absolute Gasteiger partial charge is 0.489 e. The quantitative estimate of drug-likeness (QED) is 0.297. The first-order valence-corrected chi connectivity index (χ1v) is 13.4. The maximum absolute atomic E-state index is 14.3. The van der Waals surface area contributed by atoms with Gasteiger partial charge in [-0.15, -0.1) is 0 Å². The molecule has 9 nitrogen and oxygen atoms in total. The second kappa shape index (κ2) is 11.0. The van der Waals surface area contributed by atoms with Gasteiger partial charge in [0.2, 0.25) is 0 Å². The van der Waals surface area contributed by atoms with Crippen LogP contribution in [-0.2, 0) is 35.6 Å². The van der Waals surface area contributed by atoms with E-state index in [1.165, 1.54) is 25.3 Å². The zero-order chi connectivity index (χ0) is 28.5. The van der Waals surface area contributed by atoms with Crippen molar-refractivity contribution in [2.75, 3.05) is 20.3 Å². The second-order valence-corrected chi connectivity index (χ2v) is 10.1. The molecule has 10 heteroatoms. The highest BCUT2D eigenvalue weighted by Crippen LogP contribution is 2.28. The fourth-order valence-corrected chi connectivity index (χ4v) is 5.18. The Labute approximate surface area is 235 Å². The van der Waals surface area contributed by atoms with E-state index in [0.717, 1.165) is 23.0 Å². The molecule has 1 aromatic heterocycles. The number of ether oxygens (including phenoxy) is 3. The number of nitrogens with zero attached hydrogens (tertiary/aromatic N) is 4. The molecule has 6 rings (SSSR count). The predicted octanol–water partition coefficient (Wildman–Crippen LogP) is 4.40. The minimum Gasteiger partial charge on any atom is -0.489 e. The number of carbonyl (C=O) groups excluding carboxylic acids is 2. The van der Waals surface area contributed by atoms with Crippen LogP contribution in [0.15, 0.2) is 54.6 Å². The van der Waals surface area contributed by atoms with Crippen LogP contribution in [0.4, 0.5) is 4.39 Å². The normalized spacial score (nSPS) is 16.2. The molecular weight excluding hydrogens is 527 g/mol. The zero-order valence-electron chi connectivity index (χ0n) is 22.4. The molecule has 2 aliphatic rings. The smallest absolute Gasteiger partial charge is 0.337 e. The van der Waals surface area contributed by atoms with Gasteiger partial charge in [0.15, 0.2) is 0 Å². The van der Waals surface area contributed by atoms with E-state index in [2.05, 4.69) is 0 Å². The Hall–Kier alpha value is -4.75. The number of hydrogen-bond donors (Lipinski definition) is 0. The molecule has 1 amide bonds. The van der Waals surface area contributed by atoms with Crippen LogP contribution >= 0.6 is 0 Å². The fourth-order valence-electron chi connectivity index (χ4n) is 5.18. The summed E-state index contributed by atoms with van der Waals surface area (Å²) in [5, 5.41) is 8.95. The molecule has 4 aromatic rings. The highest BCUT2D eigenvalue weighted by atomic mass is 19.1. The van der Waals surface area contributed by atoms with Crippen LogP contribution in [0.1, 0.15) is 49.7 Å². The summed E-state index contributed by atoms with van der Waals surface area (Å²) in [4.78, 5) is 32.4. The number of benzene rings is 3. The summed E-state index contributed by atoms with van der Waals surface area (Å²) in [6.45, 7) is 2.06. The lowest BCUT2D eigenvalue weighted by molar-refractivity contribution is -0.0591. The molecule has 3 aromatic carbocycles. The number of fused-ring (bicyclic) bond motifs is 2. The van der Waals surface area contributed by atoms with Crippen molar-refractivity contribution in [1.82, 2.24) is 14.5 Å². The van der Waals surface area contributed by atoms with E-state index >= 15 is 0 Å². The lowest BCUT2D eigenvalue weighted by Gasteiger charge is -2.30. The van der Waals surface area contributed by atoms with E-state index in [1.807, 2.05) is 16.7 Å². The Morgan fingerprint density at radius 2 is 2.05 bits per heavy atom. The maximum atomic E-state index is 14.3. The molecule has 3 heterocycles. The van der Waals surface area contributed by atoms with Crippen LogP contribution in [0.5, 0.6) is 5.75 Å². The minimum atomic E-state index is -0.516. The van der Waals surface area contributed by atoms with Crippen molar-refractivity contribution in [3.05, 3.63) is 94.1 Å². The standard InChI is InChI=1S/C31H27FN4O5/c1-39-31(38)21-5-7-27-28(13-21)36(16-24-9-11-40-24)29(34-27)17-35-10-8-20-4-6-23(14-25(20)30(35)37)41-18-22-3-2-19(15-33)12-26(22)32/h2-7,12-14,24H,8-11,16-18H2,1H3. The number of rotatable bonds is 8. The predicted molar refractivity (Wildman–Crippen MR) is 146 cm³/mol. The van der Waals surface area contributed by atoms with Gasteiger partial charge >= 0.3 is 5.97 Å². The molecule has 0 saturated carbocycles. The van der Waals surface area contributed by atoms with Crippen LogP contribution in [-0.4, -0.2) is 52.7 Å². The van der Waals surface area contributed by atoms with Crippen LogP contribution in [0.3, 0.4) is 0 Å². The lowest BCUT2D eigenvalue weighted by Crippen LogP contribution is -2.38. The highest BCUT2D eigenvalue weighted by Gasteiger charge is 2.28. The molecule has 0 radical (unpaired) electrons. The molecule has 0 N–H and O–H groups in total. The SMILES string of the molecule is COC(=O)c1ccc2nc(CN3CCc4ccc(OCc5ccc(C#N)cc5F)cc4C3=O)n(CC3CCO3)c2c1. The maximum Gasteiger partial charge on any atom is 0.337 e. The molecular formula is C31H27FN4O5. The number of halogens is 1. The van der Waals surface area contributed by atoms with E-state index in [9.17, 15) is 14.0 Å². The summed E-state index contributed by atoms with van der Waals surface area (Å²) in [6.07, 6.45) is 1.65. The van der Waals surface area contributed by atoms with Gasteiger partial charge in [-0.3, -0.25) is 4.79 Å². The average Bonchev–Trinajstić information content (AvgIpc) is 3.31. The Morgan fingerprint density at radius 1 is 1.20 bits per heavy atom. The third-order valence-electron chi connectivity index (χ3n) is 7.59. The van der Waals surface area contributed by atoms with Crippen LogP contribution in [0.25, 0.3) is 11.0 Å². The molecule has 41 heavy (non-hydrogen) atoms. The van der Waals surface area contributed by atoms with Crippen molar-refractivity contribution in [2.24, 2.45) is 0 Å². The number of nitriles is 1. The van der Waals surface area contributed by atoms with Crippen molar-refractivity contribution in [1.29, 1.82) is 5.26 Å². The van der Waals surface area contributed by atoms with Gasteiger partial charge in [-0.2, -0.15) is 5.26 Å². The Morgan fingerprint density at radius 3 is 2.78 bits per heavy atom. The van der Waals surface area contributed by atoms with Crippen LogP contribution in [0, 0.1) is 17.1 Å². The van der Waals surface area contributed by atoms with Gasteiger partial charge in [0.25, 0.3) is 5.91 Å². The van der Waals surface area contributed by atoms with Crippen molar-refractivity contribution < 1.29 is 28.2 Å². The summed E-state index contributed by atoms with van der Waals surface area (Å²) in [6, 6.07) is 16.7. The number of carbonyl (C=O) groups is 2. The molecule has 208 valence electrons. The van der Waals surface area contributed by atoms with Gasteiger partial charge in [0.1, 0.15) is 24.0 Å². The molecule has 1 unspecified atom stereocenters. The van der Waals surface area contributed by atoms with Gasteiger partial charge < -0.3 is 23.7 Å². The first-order chi connectivity index (χ1) is 19.9. The van der Waals surface area contributed by atoms with E-state index in [-0.39, 0.29) is 30.7 Å². The number of aromatic nitrogens is 2. The lowest BCUT2D eigenvalue weighted by atomic mass is 9.98. The number of imidazole rings is 1. The number of esters is 1. The molecule has 0 spiro atoms. The summed E-state index contributed by atoms with van der Waals surface area (Å²) >= 11 is 0.